The first-order valence-corrected chi connectivity index (χ1v) is 8.09. The predicted molar refractivity (Wildman–Crippen MR) is 107 cm³/mol. The van der Waals surface area contributed by atoms with Gasteiger partial charge >= 0.3 is 0 Å². The third kappa shape index (κ3) is 5.00. The third-order valence-corrected chi connectivity index (χ3v) is 3.87. The van der Waals surface area contributed by atoms with Gasteiger partial charge in [0.25, 0.3) is 5.91 Å². The lowest BCUT2D eigenvalue weighted by atomic mass is 10.0. The zero-order valence-electron chi connectivity index (χ0n) is 14.7. The SMILES string of the molecule is CC(C)CC(NC(=O)c1coc(CN)c1)c1nc2ccccc2[nH]1.Cl.Cl. The second kappa shape index (κ2) is 9.62. The van der Waals surface area contributed by atoms with Crippen molar-refractivity contribution in [1.29, 1.82) is 0 Å². The smallest absolute Gasteiger partial charge is 0.255 e. The van der Waals surface area contributed by atoms with E-state index in [9.17, 15) is 4.79 Å². The van der Waals surface area contributed by atoms with E-state index in [0.29, 0.717) is 17.2 Å². The lowest BCUT2D eigenvalue weighted by Gasteiger charge is -2.18. The Kier molecular flexibility index (Phi) is 8.14. The van der Waals surface area contributed by atoms with Crippen LogP contribution in [-0.2, 0) is 6.54 Å². The van der Waals surface area contributed by atoms with Gasteiger partial charge in [-0.15, -0.1) is 24.8 Å². The van der Waals surface area contributed by atoms with Crippen LogP contribution in [0.25, 0.3) is 11.0 Å². The maximum absolute atomic E-state index is 12.5. The van der Waals surface area contributed by atoms with Crippen molar-refractivity contribution in [3.63, 3.8) is 0 Å². The molecule has 0 saturated heterocycles. The summed E-state index contributed by atoms with van der Waals surface area (Å²) in [5.74, 6) is 1.57. The van der Waals surface area contributed by atoms with Crippen LogP contribution in [0.3, 0.4) is 0 Å². The number of halogens is 2. The Balaban J connectivity index is 0.00000169. The summed E-state index contributed by atoms with van der Waals surface area (Å²) in [4.78, 5) is 20.4. The van der Waals surface area contributed by atoms with Gasteiger partial charge in [0.1, 0.15) is 17.8 Å². The molecule has 2 heterocycles. The molecule has 8 heteroatoms. The Hall–Kier alpha value is -2.02. The van der Waals surface area contributed by atoms with Gasteiger partial charge in [-0.25, -0.2) is 4.98 Å². The average molecular weight is 399 g/mol. The molecule has 1 atom stereocenters. The van der Waals surface area contributed by atoms with Gasteiger partial charge in [0.05, 0.1) is 29.2 Å². The predicted octanol–water partition coefficient (Wildman–Crippen LogP) is 3.98. The molecular formula is C18H24Cl2N4O2. The summed E-state index contributed by atoms with van der Waals surface area (Å²) in [6.07, 6.45) is 2.22. The quantitative estimate of drug-likeness (QED) is 0.584. The zero-order valence-corrected chi connectivity index (χ0v) is 16.3. The third-order valence-electron chi connectivity index (χ3n) is 3.87. The van der Waals surface area contributed by atoms with Crippen molar-refractivity contribution in [3.05, 3.63) is 53.7 Å². The number of rotatable bonds is 6. The highest BCUT2D eigenvalue weighted by molar-refractivity contribution is 5.94. The van der Waals surface area contributed by atoms with Crippen molar-refractivity contribution < 1.29 is 9.21 Å². The highest BCUT2D eigenvalue weighted by Gasteiger charge is 2.21. The van der Waals surface area contributed by atoms with E-state index in [4.69, 9.17) is 10.2 Å². The number of nitrogens with two attached hydrogens (primary N) is 1. The molecule has 0 aliphatic heterocycles. The number of hydrogen-bond donors (Lipinski definition) is 3. The van der Waals surface area contributed by atoms with Crippen LogP contribution in [0.5, 0.6) is 0 Å². The molecule has 0 aliphatic rings. The second-order valence-electron chi connectivity index (χ2n) is 6.30. The summed E-state index contributed by atoms with van der Waals surface area (Å²) < 4.78 is 5.24. The van der Waals surface area contributed by atoms with E-state index >= 15 is 0 Å². The molecule has 26 heavy (non-hydrogen) atoms. The van der Waals surface area contributed by atoms with E-state index in [1.807, 2.05) is 24.3 Å². The van der Waals surface area contributed by atoms with E-state index in [2.05, 4.69) is 29.1 Å². The van der Waals surface area contributed by atoms with Gasteiger partial charge in [0, 0.05) is 0 Å². The number of nitrogens with zero attached hydrogens (tertiary/aromatic N) is 1. The highest BCUT2D eigenvalue weighted by atomic mass is 35.5. The first-order chi connectivity index (χ1) is 11.6. The standard InChI is InChI=1S/C18H22N4O2.2ClH/c1-11(2)7-16(17-20-14-5-3-4-6-15(14)21-17)22-18(23)12-8-13(9-19)24-10-12;;/h3-6,8,10-11,16H,7,9,19H2,1-2H3,(H,20,21)(H,22,23);2*1H. The van der Waals surface area contributed by atoms with Crippen LogP contribution in [0.4, 0.5) is 0 Å². The summed E-state index contributed by atoms with van der Waals surface area (Å²) in [6, 6.07) is 9.31. The minimum absolute atomic E-state index is 0. The number of aromatic amines is 1. The molecule has 0 bridgehead atoms. The van der Waals surface area contributed by atoms with Crippen LogP contribution < -0.4 is 11.1 Å². The van der Waals surface area contributed by atoms with Gasteiger partial charge in [-0.1, -0.05) is 26.0 Å². The molecule has 3 aromatic rings. The maximum Gasteiger partial charge on any atom is 0.255 e. The fourth-order valence-corrected chi connectivity index (χ4v) is 2.70. The van der Waals surface area contributed by atoms with Crippen LogP contribution in [-0.4, -0.2) is 15.9 Å². The van der Waals surface area contributed by atoms with E-state index in [0.717, 1.165) is 23.3 Å². The molecular weight excluding hydrogens is 375 g/mol. The van der Waals surface area contributed by atoms with E-state index < -0.39 is 0 Å². The number of furan rings is 1. The van der Waals surface area contributed by atoms with Crippen LogP contribution >= 0.6 is 24.8 Å². The van der Waals surface area contributed by atoms with Crippen LogP contribution in [0, 0.1) is 5.92 Å². The molecule has 1 unspecified atom stereocenters. The van der Waals surface area contributed by atoms with Gasteiger partial charge in [0.2, 0.25) is 0 Å². The summed E-state index contributed by atoms with van der Waals surface area (Å²) in [5.41, 5.74) is 7.85. The molecule has 142 valence electrons. The number of carbonyl (C=O) groups is 1. The highest BCUT2D eigenvalue weighted by Crippen LogP contribution is 2.22. The van der Waals surface area contributed by atoms with Crippen molar-refractivity contribution in [2.24, 2.45) is 11.7 Å². The molecule has 0 radical (unpaired) electrons. The largest absolute Gasteiger partial charge is 0.467 e. The molecule has 0 fully saturated rings. The number of hydrogen-bond acceptors (Lipinski definition) is 4. The Labute approximate surface area is 164 Å². The Morgan fingerprint density at radius 2 is 2.04 bits per heavy atom. The number of nitrogens with one attached hydrogen (secondary N) is 2. The van der Waals surface area contributed by atoms with Crippen molar-refractivity contribution in [2.75, 3.05) is 0 Å². The lowest BCUT2D eigenvalue weighted by Crippen LogP contribution is -2.30. The molecule has 4 N–H and O–H groups in total. The molecule has 0 saturated carbocycles. The Morgan fingerprint density at radius 1 is 1.31 bits per heavy atom. The van der Waals surface area contributed by atoms with Crippen molar-refractivity contribution >= 4 is 41.8 Å². The Bertz CT molecular complexity index is 811. The van der Waals surface area contributed by atoms with Crippen LogP contribution in [0.2, 0.25) is 0 Å². The van der Waals surface area contributed by atoms with Crippen molar-refractivity contribution in [2.45, 2.75) is 32.9 Å². The normalized spacial score (nSPS) is 11.7. The molecule has 2 aromatic heterocycles. The molecule has 6 nitrogen and oxygen atoms in total. The number of amides is 1. The number of imidazole rings is 1. The van der Waals surface area contributed by atoms with E-state index in [-0.39, 0.29) is 43.3 Å². The van der Waals surface area contributed by atoms with Gasteiger partial charge in [-0.3, -0.25) is 4.79 Å². The number of aromatic nitrogens is 2. The molecule has 1 amide bonds. The van der Waals surface area contributed by atoms with Crippen LogP contribution in [0.1, 0.15) is 48.3 Å². The van der Waals surface area contributed by atoms with Crippen molar-refractivity contribution in [1.82, 2.24) is 15.3 Å². The first kappa shape index (κ1) is 22.0. The van der Waals surface area contributed by atoms with Gasteiger partial charge in [0.15, 0.2) is 0 Å². The average Bonchev–Trinajstić information content (AvgIpc) is 3.20. The summed E-state index contributed by atoms with van der Waals surface area (Å²) >= 11 is 0. The summed E-state index contributed by atoms with van der Waals surface area (Å²) in [7, 11) is 0. The van der Waals surface area contributed by atoms with Crippen molar-refractivity contribution in [3.8, 4) is 0 Å². The van der Waals surface area contributed by atoms with Gasteiger partial charge < -0.3 is 20.5 Å². The van der Waals surface area contributed by atoms with E-state index in [1.54, 1.807) is 6.07 Å². The Morgan fingerprint density at radius 3 is 2.65 bits per heavy atom. The minimum Gasteiger partial charge on any atom is -0.467 e. The number of carbonyl (C=O) groups excluding carboxylic acids is 1. The fourth-order valence-electron chi connectivity index (χ4n) is 2.70. The lowest BCUT2D eigenvalue weighted by molar-refractivity contribution is 0.0929. The molecule has 0 spiro atoms. The maximum atomic E-state index is 12.5. The number of fused-ring (bicyclic) bond motifs is 1. The summed E-state index contributed by atoms with van der Waals surface area (Å²) in [6.45, 7) is 4.50. The first-order valence-electron chi connectivity index (χ1n) is 8.09. The number of H-pyrrole nitrogens is 1. The topological polar surface area (TPSA) is 96.9 Å². The molecule has 3 rings (SSSR count). The fraction of sp³-hybridized carbons (Fsp3) is 0.333. The zero-order chi connectivity index (χ0) is 17.1. The monoisotopic (exact) mass is 398 g/mol. The van der Waals surface area contributed by atoms with Crippen LogP contribution in [0.15, 0.2) is 41.0 Å². The number of para-hydroxylation sites is 2. The van der Waals surface area contributed by atoms with Gasteiger partial charge in [-0.05, 0) is 30.5 Å². The van der Waals surface area contributed by atoms with E-state index in [1.165, 1.54) is 6.26 Å². The molecule has 0 aliphatic carbocycles. The second-order valence-corrected chi connectivity index (χ2v) is 6.30. The van der Waals surface area contributed by atoms with Gasteiger partial charge in [-0.2, -0.15) is 0 Å². The minimum atomic E-state index is -0.193. The number of benzene rings is 1. The molecule has 1 aromatic carbocycles. The summed E-state index contributed by atoms with van der Waals surface area (Å²) in [5, 5.41) is 3.05.